The van der Waals surface area contributed by atoms with Gasteiger partial charge in [-0.2, -0.15) is 5.10 Å². The number of nitrogens with zero attached hydrogens (tertiary/aromatic N) is 4. The van der Waals surface area contributed by atoms with Gasteiger partial charge in [0, 0.05) is 25.5 Å². The van der Waals surface area contributed by atoms with Crippen molar-refractivity contribution in [2.75, 3.05) is 18.4 Å². The zero-order valence-electron chi connectivity index (χ0n) is 11.9. The highest BCUT2D eigenvalue weighted by Crippen LogP contribution is 2.20. The monoisotopic (exact) mass is 348 g/mol. The van der Waals surface area contributed by atoms with Crippen LogP contribution >= 0.6 is 22.9 Å². The average molecular weight is 349 g/mol. The summed E-state index contributed by atoms with van der Waals surface area (Å²) in [5.41, 5.74) is 0. The summed E-state index contributed by atoms with van der Waals surface area (Å²) in [5, 5.41) is 18.1. The molecule has 2 N–H and O–H groups in total. The summed E-state index contributed by atoms with van der Waals surface area (Å²) in [7, 11) is 0. The second-order valence-corrected chi connectivity index (χ2v) is 6.23. The van der Waals surface area contributed by atoms with Gasteiger partial charge in [0.2, 0.25) is 0 Å². The summed E-state index contributed by atoms with van der Waals surface area (Å²) in [6.45, 7) is 1.01. The Morgan fingerprint density at radius 3 is 2.78 bits per heavy atom. The zero-order chi connectivity index (χ0) is 16.1. The Labute approximate surface area is 141 Å². The first kappa shape index (κ1) is 15.4. The van der Waals surface area contributed by atoms with Gasteiger partial charge in [0.05, 0.1) is 9.21 Å². The van der Waals surface area contributed by atoms with E-state index >= 15 is 0 Å². The van der Waals surface area contributed by atoms with E-state index in [1.54, 1.807) is 29.2 Å². The molecule has 3 rings (SSSR count). The van der Waals surface area contributed by atoms with Crippen molar-refractivity contribution < 1.29 is 4.79 Å². The van der Waals surface area contributed by atoms with Crippen LogP contribution in [0.2, 0.25) is 4.34 Å². The number of halogens is 1. The van der Waals surface area contributed by atoms with Crippen LogP contribution < -0.4 is 10.6 Å². The van der Waals surface area contributed by atoms with Crippen LogP contribution in [0.25, 0.3) is 5.82 Å². The Kier molecular flexibility index (Phi) is 4.84. The van der Waals surface area contributed by atoms with E-state index in [0.717, 1.165) is 0 Å². The number of anilines is 1. The van der Waals surface area contributed by atoms with E-state index < -0.39 is 0 Å². The van der Waals surface area contributed by atoms with Crippen LogP contribution in [-0.4, -0.2) is 39.0 Å². The van der Waals surface area contributed by atoms with Gasteiger partial charge >= 0.3 is 0 Å². The van der Waals surface area contributed by atoms with Crippen LogP contribution in [0.5, 0.6) is 0 Å². The largest absolute Gasteiger partial charge is 0.367 e. The molecule has 3 aromatic rings. The molecule has 0 aliphatic rings. The molecule has 0 saturated carbocycles. The van der Waals surface area contributed by atoms with Gasteiger partial charge in [-0.1, -0.05) is 11.6 Å². The second-order valence-electron chi connectivity index (χ2n) is 4.51. The summed E-state index contributed by atoms with van der Waals surface area (Å²) in [4.78, 5) is 12.4. The molecule has 7 nitrogen and oxygen atoms in total. The summed E-state index contributed by atoms with van der Waals surface area (Å²) in [6, 6.07) is 8.85. The number of aromatic nitrogens is 4. The normalized spacial score (nSPS) is 10.5. The van der Waals surface area contributed by atoms with Crippen molar-refractivity contribution in [1.82, 2.24) is 25.3 Å². The zero-order valence-corrected chi connectivity index (χ0v) is 13.5. The van der Waals surface area contributed by atoms with Crippen LogP contribution in [0.3, 0.4) is 0 Å². The predicted octanol–water partition coefficient (Wildman–Crippen LogP) is 2.22. The molecular weight excluding hydrogens is 336 g/mol. The lowest BCUT2D eigenvalue weighted by atomic mass is 10.4. The number of nitrogens with one attached hydrogen (secondary N) is 2. The number of rotatable bonds is 6. The summed E-state index contributed by atoms with van der Waals surface area (Å²) in [5.74, 6) is 1.14. The fraction of sp³-hybridized carbons (Fsp3) is 0.143. The highest BCUT2D eigenvalue weighted by Gasteiger charge is 2.07. The molecule has 3 heterocycles. The van der Waals surface area contributed by atoms with Crippen molar-refractivity contribution in [2.24, 2.45) is 0 Å². The molecule has 0 aliphatic heterocycles. The highest BCUT2D eigenvalue weighted by atomic mass is 35.5. The van der Waals surface area contributed by atoms with Crippen LogP contribution in [-0.2, 0) is 0 Å². The summed E-state index contributed by atoms with van der Waals surface area (Å²) >= 11 is 7.05. The second kappa shape index (κ2) is 7.21. The number of carbonyl (C=O) groups is 1. The maximum atomic E-state index is 11.8. The van der Waals surface area contributed by atoms with E-state index in [-0.39, 0.29) is 5.91 Å². The van der Waals surface area contributed by atoms with Gasteiger partial charge in [0.25, 0.3) is 5.91 Å². The molecule has 3 aromatic heterocycles. The van der Waals surface area contributed by atoms with E-state index in [1.165, 1.54) is 11.3 Å². The fourth-order valence-corrected chi connectivity index (χ4v) is 2.80. The lowest BCUT2D eigenvalue weighted by Crippen LogP contribution is -2.28. The van der Waals surface area contributed by atoms with E-state index in [2.05, 4.69) is 25.9 Å². The van der Waals surface area contributed by atoms with Gasteiger partial charge in [-0.05, 0) is 30.3 Å². The lowest BCUT2D eigenvalue weighted by Gasteiger charge is -2.06. The molecule has 0 fully saturated rings. The Bertz CT molecular complexity index is 771. The van der Waals surface area contributed by atoms with Crippen LogP contribution in [0.4, 0.5) is 5.82 Å². The van der Waals surface area contributed by atoms with Crippen molar-refractivity contribution in [3.8, 4) is 5.82 Å². The molecule has 0 aliphatic carbocycles. The first-order valence-electron chi connectivity index (χ1n) is 6.83. The maximum absolute atomic E-state index is 11.8. The minimum atomic E-state index is -0.135. The molecule has 0 saturated heterocycles. The maximum Gasteiger partial charge on any atom is 0.261 e. The quantitative estimate of drug-likeness (QED) is 0.667. The summed E-state index contributed by atoms with van der Waals surface area (Å²) < 4.78 is 2.23. The average Bonchev–Trinajstić information content (AvgIpc) is 3.23. The molecule has 9 heteroatoms. The molecule has 0 radical (unpaired) electrons. The third-order valence-electron chi connectivity index (χ3n) is 2.90. The standard InChI is InChI=1S/C14H13ClN6OS/c15-11-3-2-10(23-11)14(22)17-8-7-16-12-4-5-13(20-19-12)21-9-1-6-18-21/h1-6,9H,7-8H2,(H,16,19)(H,17,22). The van der Waals surface area contributed by atoms with Crippen LogP contribution in [0.1, 0.15) is 9.67 Å². The third-order valence-corrected chi connectivity index (χ3v) is 4.13. The van der Waals surface area contributed by atoms with Crippen molar-refractivity contribution in [3.05, 3.63) is 51.9 Å². The van der Waals surface area contributed by atoms with Crippen LogP contribution in [0, 0.1) is 0 Å². The Hall–Kier alpha value is -2.45. The first-order chi connectivity index (χ1) is 11.2. The molecule has 23 heavy (non-hydrogen) atoms. The fourth-order valence-electron chi connectivity index (χ4n) is 1.84. The van der Waals surface area contributed by atoms with Gasteiger partial charge in [-0.3, -0.25) is 4.79 Å². The molecule has 0 atom stereocenters. The van der Waals surface area contributed by atoms with Crippen molar-refractivity contribution in [1.29, 1.82) is 0 Å². The van der Waals surface area contributed by atoms with Gasteiger partial charge in [-0.15, -0.1) is 21.5 Å². The van der Waals surface area contributed by atoms with Gasteiger partial charge in [0.15, 0.2) is 5.82 Å². The van der Waals surface area contributed by atoms with Crippen LogP contribution in [0.15, 0.2) is 42.7 Å². The third kappa shape index (κ3) is 4.05. The van der Waals surface area contributed by atoms with E-state index in [1.807, 2.05) is 18.2 Å². The first-order valence-corrected chi connectivity index (χ1v) is 8.03. The number of carbonyl (C=O) groups excluding carboxylic acids is 1. The Morgan fingerprint density at radius 2 is 2.13 bits per heavy atom. The smallest absolute Gasteiger partial charge is 0.261 e. The minimum Gasteiger partial charge on any atom is -0.367 e. The Balaban J connectivity index is 1.45. The topological polar surface area (TPSA) is 84.7 Å². The van der Waals surface area contributed by atoms with E-state index in [4.69, 9.17) is 11.6 Å². The Morgan fingerprint density at radius 1 is 1.22 bits per heavy atom. The molecule has 0 bridgehead atoms. The van der Waals surface area contributed by atoms with Gasteiger partial charge < -0.3 is 10.6 Å². The van der Waals surface area contributed by atoms with Crippen molar-refractivity contribution >= 4 is 34.7 Å². The lowest BCUT2D eigenvalue weighted by molar-refractivity contribution is 0.0959. The molecular formula is C14H13ClN6OS. The van der Waals surface area contributed by atoms with Gasteiger partial charge in [-0.25, -0.2) is 4.68 Å². The molecule has 1 amide bonds. The molecule has 0 unspecified atom stereocenters. The number of thiophene rings is 1. The molecule has 118 valence electrons. The number of hydrogen-bond acceptors (Lipinski definition) is 6. The number of hydrogen-bond donors (Lipinski definition) is 2. The highest BCUT2D eigenvalue weighted by molar-refractivity contribution is 7.17. The minimum absolute atomic E-state index is 0.135. The van der Waals surface area contributed by atoms with Crippen molar-refractivity contribution in [2.45, 2.75) is 0 Å². The SMILES string of the molecule is O=C(NCCNc1ccc(-n2cccn2)nn1)c1ccc(Cl)s1. The number of amides is 1. The molecule has 0 aromatic carbocycles. The van der Waals surface area contributed by atoms with Gasteiger partial charge in [0.1, 0.15) is 5.82 Å². The summed E-state index contributed by atoms with van der Waals surface area (Å²) in [6.07, 6.45) is 3.47. The molecule has 0 spiro atoms. The van der Waals surface area contributed by atoms with E-state index in [0.29, 0.717) is 33.9 Å². The predicted molar refractivity (Wildman–Crippen MR) is 89.3 cm³/mol. The van der Waals surface area contributed by atoms with E-state index in [9.17, 15) is 4.79 Å². The van der Waals surface area contributed by atoms with Crippen molar-refractivity contribution in [3.63, 3.8) is 0 Å².